The SMILES string of the molecule is CC(C)(C)C(=O)CN1C(=O)N(CC(=O)Nc2cccc(CC(=O)O)c2)NC(C2CCCCC2)c2ccccc21. The molecule has 1 saturated carbocycles. The summed E-state index contributed by atoms with van der Waals surface area (Å²) in [5, 5.41) is 13.2. The van der Waals surface area contributed by atoms with Gasteiger partial charge in [-0.3, -0.25) is 19.3 Å². The molecule has 0 aromatic heterocycles. The number of amides is 3. The summed E-state index contributed by atoms with van der Waals surface area (Å²) in [4.78, 5) is 52.8. The second-order valence-corrected chi connectivity index (χ2v) is 11.5. The molecule has 208 valence electrons. The maximum Gasteiger partial charge on any atom is 0.339 e. The molecule has 4 rings (SSSR count). The number of aliphatic carboxylic acids is 1. The van der Waals surface area contributed by atoms with Crippen LogP contribution in [-0.2, 0) is 20.8 Å². The van der Waals surface area contributed by atoms with Gasteiger partial charge in [-0.25, -0.2) is 15.2 Å². The zero-order valence-corrected chi connectivity index (χ0v) is 22.9. The molecule has 1 fully saturated rings. The molecule has 1 unspecified atom stereocenters. The highest BCUT2D eigenvalue weighted by Gasteiger charge is 2.39. The number of hydrogen-bond donors (Lipinski definition) is 3. The molecule has 9 heteroatoms. The van der Waals surface area contributed by atoms with Gasteiger partial charge in [0.25, 0.3) is 0 Å². The van der Waals surface area contributed by atoms with E-state index in [4.69, 9.17) is 5.11 Å². The summed E-state index contributed by atoms with van der Waals surface area (Å²) in [6.07, 6.45) is 5.27. The number of carboxylic acid groups (broad SMARTS) is 1. The van der Waals surface area contributed by atoms with E-state index in [1.54, 1.807) is 24.3 Å². The number of nitrogens with zero attached hydrogens (tertiary/aromatic N) is 2. The lowest BCUT2D eigenvalue weighted by Gasteiger charge is -2.33. The van der Waals surface area contributed by atoms with Crippen LogP contribution in [0.25, 0.3) is 0 Å². The average Bonchev–Trinajstić information content (AvgIpc) is 2.99. The van der Waals surface area contributed by atoms with Crippen molar-refractivity contribution in [2.75, 3.05) is 23.3 Å². The van der Waals surface area contributed by atoms with E-state index in [-0.39, 0.29) is 37.3 Å². The van der Waals surface area contributed by atoms with Gasteiger partial charge in [-0.1, -0.05) is 70.4 Å². The first kappa shape index (κ1) is 28.3. The lowest BCUT2D eigenvalue weighted by atomic mass is 9.81. The third-order valence-corrected chi connectivity index (χ3v) is 7.45. The van der Waals surface area contributed by atoms with Gasteiger partial charge in [-0.05, 0) is 48.1 Å². The molecule has 1 aliphatic heterocycles. The van der Waals surface area contributed by atoms with Crippen LogP contribution in [0.2, 0.25) is 0 Å². The molecule has 1 aliphatic carbocycles. The molecule has 9 nitrogen and oxygen atoms in total. The number of carbonyl (C=O) groups excluding carboxylic acids is 3. The number of carbonyl (C=O) groups is 4. The molecule has 0 saturated heterocycles. The normalized spacial score (nSPS) is 18.3. The fourth-order valence-corrected chi connectivity index (χ4v) is 5.29. The highest BCUT2D eigenvalue weighted by atomic mass is 16.4. The molecular formula is C30H38N4O5. The van der Waals surface area contributed by atoms with E-state index in [9.17, 15) is 19.2 Å². The van der Waals surface area contributed by atoms with Crippen molar-refractivity contribution in [3.63, 3.8) is 0 Å². The quantitative estimate of drug-likeness (QED) is 0.442. The minimum absolute atomic E-state index is 0.0820. The van der Waals surface area contributed by atoms with Gasteiger partial charge in [0, 0.05) is 11.1 Å². The first-order valence-electron chi connectivity index (χ1n) is 13.6. The van der Waals surface area contributed by atoms with Crippen molar-refractivity contribution >= 4 is 35.1 Å². The Morgan fingerprint density at radius 3 is 2.41 bits per heavy atom. The summed E-state index contributed by atoms with van der Waals surface area (Å²) in [5.74, 6) is -1.19. The van der Waals surface area contributed by atoms with Gasteiger partial charge >= 0.3 is 12.0 Å². The minimum Gasteiger partial charge on any atom is -0.481 e. The number of benzene rings is 2. The monoisotopic (exact) mass is 534 g/mol. The number of hydrazine groups is 1. The number of Topliss-reactive ketones (excluding diaryl/α,β-unsaturated/α-hetero) is 1. The fraction of sp³-hybridized carbons (Fsp3) is 0.467. The van der Waals surface area contributed by atoms with Crippen LogP contribution in [-0.4, -0.2) is 46.9 Å². The third-order valence-electron chi connectivity index (χ3n) is 7.45. The van der Waals surface area contributed by atoms with E-state index in [1.165, 1.54) is 16.3 Å². The third kappa shape index (κ3) is 7.03. The van der Waals surface area contributed by atoms with Crippen LogP contribution < -0.4 is 15.6 Å². The Morgan fingerprint density at radius 2 is 1.72 bits per heavy atom. The highest BCUT2D eigenvalue weighted by molar-refractivity contribution is 6.02. The number of anilines is 2. The Hall–Kier alpha value is -3.72. The Balaban J connectivity index is 1.63. The summed E-state index contributed by atoms with van der Waals surface area (Å²) in [5.41, 5.74) is 5.39. The van der Waals surface area contributed by atoms with E-state index in [0.29, 0.717) is 16.9 Å². The molecule has 2 aliphatic rings. The van der Waals surface area contributed by atoms with Crippen LogP contribution in [0.3, 0.4) is 0 Å². The number of fused-ring (bicyclic) bond motifs is 1. The number of para-hydroxylation sites is 1. The zero-order valence-electron chi connectivity index (χ0n) is 22.9. The number of carboxylic acids is 1. The van der Waals surface area contributed by atoms with Crippen LogP contribution in [0.1, 0.15) is 70.0 Å². The molecule has 3 amide bonds. The molecule has 0 spiro atoms. The van der Waals surface area contributed by atoms with E-state index < -0.39 is 23.3 Å². The number of ketones is 1. The maximum absolute atomic E-state index is 14.0. The van der Waals surface area contributed by atoms with Gasteiger partial charge in [0.2, 0.25) is 5.91 Å². The van der Waals surface area contributed by atoms with Crippen molar-refractivity contribution in [1.82, 2.24) is 10.4 Å². The van der Waals surface area contributed by atoms with Gasteiger partial charge < -0.3 is 10.4 Å². The summed E-state index contributed by atoms with van der Waals surface area (Å²) in [6.45, 7) is 5.11. The van der Waals surface area contributed by atoms with Crippen LogP contribution in [0.4, 0.5) is 16.2 Å². The highest BCUT2D eigenvalue weighted by Crippen LogP contribution is 2.40. The number of hydrogen-bond acceptors (Lipinski definition) is 5. The fourth-order valence-electron chi connectivity index (χ4n) is 5.29. The first-order valence-corrected chi connectivity index (χ1v) is 13.6. The molecular weight excluding hydrogens is 496 g/mol. The van der Waals surface area contributed by atoms with E-state index in [0.717, 1.165) is 31.2 Å². The zero-order chi connectivity index (χ0) is 28.2. The standard InChI is InChI=1S/C30H38N4O5/c1-30(2,3)25(35)18-33-24-15-8-7-14-23(24)28(21-11-5-4-6-12-21)32-34(29(33)39)19-26(36)31-22-13-9-10-20(16-22)17-27(37)38/h7-10,13-16,21,28,32H,4-6,11-12,17-19H2,1-3H3,(H,31,36)(H,37,38). The van der Waals surface area contributed by atoms with Crippen molar-refractivity contribution in [2.45, 2.75) is 65.3 Å². The maximum atomic E-state index is 14.0. The van der Waals surface area contributed by atoms with Crippen molar-refractivity contribution in [2.24, 2.45) is 11.3 Å². The molecule has 1 atom stereocenters. The molecule has 0 bridgehead atoms. The number of nitrogens with one attached hydrogen (secondary N) is 2. The van der Waals surface area contributed by atoms with Gasteiger partial charge in [-0.2, -0.15) is 0 Å². The van der Waals surface area contributed by atoms with E-state index in [2.05, 4.69) is 10.7 Å². The Labute approximate surface area is 229 Å². The van der Waals surface area contributed by atoms with E-state index in [1.807, 2.05) is 45.0 Å². The molecule has 3 N–H and O–H groups in total. The predicted octanol–water partition coefficient (Wildman–Crippen LogP) is 4.94. The molecule has 2 aromatic rings. The van der Waals surface area contributed by atoms with Crippen LogP contribution in [0, 0.1) is 11.3 Å². The molecule has 39 heavy (non-hydrogen) atoms. The van der Waals surface area contributed by atoms with Crippen molar-refractivity contribution in [3.8, 4) is 0 Å². The van der Waals surface area contributed by atoms with E-state index >= 15 is 0 Å². The first-order chi connectivity index (χ1) is 18.5. The number of rotatable bonds is 8. The molecule has 1 heterocycles. The number of urea groups is 1. The second-order valence-electron chi connectivity index (χ2n) is 11.5. The van der Waals surface area contributed by atoms with Gasteiger partial charge in [-0.15, -0.1) is 0 Å². The molecule has 2 aromatic carbocycles. The lowest BCUT2D eigenvalue weighted by molar-refractivity contribution is -0.136. The summed E-state index contributed by atoms with van der Waals surface area (Å²) >= 11 is 0. The average molecular weight is 535 g/mol. The Kier molecular flexibility index (Phi) is 8.70. The van der Waals surface area contributed by atoms with Crippen LogP contribution >= 0.6 is 0 Å². The summed E-state index contributed by atoms with van der Waals surface area (Å²) < 4.78 is 0. The van der Waals surface area contributed by atoms with Gasteiger partial charge in [0.1, 0.15) is 6.54 Å². The van der Waals surface area contributed by atoms with Crippen LogP contribution in [0.15, 0.2) is 48.5 Å². The van der Waals surface area contributed by atoms with Crippen molar-refractivity contribution in [3.05, 3.63) is 59.7 Å². The minimum atomic E-state index is -0.962. The summed E-state index contributed by atoms with van der Waals surface area (Å²) in [7, 11) is 0. The predicted molar refractivity (Wildman–Crippen MR) is 149 cm³/mol. The lowest BCUT2D eigenvalue weighted by Crippen LogP contribution is -2.54. The van der Waals surface area contributed by atoms with Crippen molar-refractivity contribution in [1.29, 1.82) is 0 Å². The largest absolute Gasteiger partial charge is 0.481 e. The van der Waals surface area contributed by atoms with Crippen molar-refractivity contribution < 1.29 is 24.3 Å². The molecule has 0 radical (unpaired) electrons. The Bertz CT molecular complexity index is 1230. The van der Waals surface area contributed by atoms with Gasteiger partial charge in [0.05, 0.1) is 24.7 Å². The smallest absolute Gasteiger partial charge is 0.339 e. The van der Waals surface area contributed by atoms with Gasteiger partial charge in [0.15, 0.2) is 5.78 Å². The van der Waals surface area contributed by atoms with Crippen LogP contribution in [0.5, 0.6) is 0 Å². The summed E-state index contributed by atoms with van der Waals surface area (Å²) in [6, 6.07) is 13.7. The topological polar surface area (TPSA) is 119 Å². The Morgan fingerprint density at radius 1 is 1.00 bits per heavy atom. The second kappa shape index (κ2) is 12.0.